The molecule has 1 atom stereocenters. The van der Waals surface area contributed by atoms with Gasteiger partial charge in [0.25, 0.3) is 5.91 Å². The highest BCUT2D eigenvalue weighted by Gasteiger charge is 2.40. The summed E-state index contributed by atoms with van der Waals surface area (Å²) in [4.78, 5) is 13.3. The summed E-state index contributed by atoms with van der Waals surface area (Å²) < 4.78 is 50.3. The lowest BCUT2D eigenvalue weighted by atomic mass is 10.2. The van der Waals surface area contributed by atoms with Gasteiger partial charge in [-0.1, -0.05) is 6.07 Å². The molecule has 0 spiro atoms. The smallest absolute Gasteiger partial charge is 0.379 e. The van der Waals surface area contributed by atoms with Gasteiger partial charge in [-0.05, 0) is 18.2 Å². The van der Waals surface area contributed by atoms with Crippen molar-refractivity contribution in [3.05, 3.63) is 29.8 Å². The van der Waals surface area contributed by atoms with Gasteiger partial charge in [0.2, 0.25) is 5.96 Å². The van der Waals surface area contributed by atoms with Crippen LogP contribution in [-0.4, -0.2) is 80.6 Å². The maximum absolute atomic E-state index is 13.2. The van der Waals surface area contributed by atoms with E-state index in [9.17, 15) is 13.2 Å². The first-order valence-electron chi connectivity index (χ1n) is 9.47. The Bertz CT molecular complexity index is 775. The van der Waals surface area contributed by atoms with Crippen molar-refractivity contribution in [3.63, 3.8) is 0 Å². The number of nitrogens with one attached hydrogen (secondary N) is 2. The number of hydrogen-bond donors (Lipinski definition) is 2. The van der Waals surface area contributed by atoms with Crippen LogP contribution in [0.1, 0.15) is 5.56 Å². The molecule has 3 aliphatic heterocycles. The zero-order chi connectivity index (χ0) is 20.3. The quantitative estimate of drug-likeness (QED) is 0.782. The largest absolute Gasteiger partial charge is 0.416 e. The Morgan fingerprint density at radius 1 is 1.03 bits per heavy atom. The zero-order valence-corrected chi connectivity index (χ0v) is 15.8. The molecule has 0 aromatic heterocycles. The van der Waals surface area contributed by atoms with Crippen LogP contribution in [0.25, 0.3) is 0 Å². The first-order valence-corrected chi connectivity index (χ1v) is 9.47. The summed E-state index contributed by atoms with van der Waals surface area (Å²) in [6, 6.07) is 5.07. The summed E-state index contributed by atoms with van der Waals surface area (Å²) in [5.41, 5.74) is -0.439. The van der Waals surface area contributed by atoms with Crippen molar-refractivity contribution >= 4 is 18.0 Å². The van der Waals surface area contributed by atoms with Crippen molar-refractivity contribution in [2.24, 2.45) is 9.98 Å². The topological polar surface area (TPSA) is 73.7 Å². The van der Waals surface area contributed by atoms with Gasteiger partial charge in [-0.25, -0.2) is 9.89 Å². The monoisotopic (exact) mass is 412 g/mol. The van der Waals surface area contributed by atoms with Crippen molar-refractivity contribution in [3.8, 4) is 0 Å². The molecule has 0 aliphatic carbocycles. The van der Waals surface area contributed by atoms with Crippen LogP contribution in [0.3, 0.4) is 0 Å². The SMILES string of the molecule is FC(F)(F)c1cccc(NC2(N3CCOCC3)N=CNC(N3CCOCC3)=N2)c1. The van der Waals surface area contributed by atoms with Gasteiger partial charge in [-0.2, -0.15) is 18.2 Å². The Morgan fingerprint density at radius 2 is 1.72 bits per heavy atom. The second-order valence-corrected chi connectivity index (χ2v) is 6.88. The average molecular weight is 412 g/mol. The lowest BCUT2D eigenvalue weighted by Crippen LogP contribution is -2.60. The lowest BCUT2D eigenvalue weighted by molar-refractivity contribution is -0.137. The Balaban J connectivity index is 1.67. The van der Waals surface area contributed by atoms with E-state index in [2.05, 4.69) is 15.6 Å². The van der Waals surface area contributed by atoms with E-state index in [0.717, 1.165) is 12.1 Å². The van der Waals surface area contributed by atoms with Crippen LogP contribution in [0.15, 0.2) is 34.3 Å². The number of morpholine rings is 2. The summed E-state index contributed by atoms with van der Waals surface area (Å²) in [7, 11) is 0. The van der Waals surface area contributed by atoms with E-state index in [4.69, 9.17) is 14.5 Å². The number of nitrogens with zero attached hydrogens (tertiary/aromatic N) is 4. The minimum atomic E-state index is -4.43. The highest BCUT2D eigenvalue weighted by atomic mass is 19.4. The molecule has 2 N–H and O–H groups in total. The number of benzene rings is 1. The van der Waals surface area contributed by atoms with Crippen LogP contribution < -0.4 is 10.6 Å². The summed E-state index contributed by atoms with van der Waals surface area (Å²) >= 11 is 0. The van der Waals surface area contributed by atoms with Crippen molar-refractivity contribution in [1.29, 1.82) is 0 Å². The van der Waals surface area contributed by atoms with Crippen LogP contribution >= 0.6 is 0 Å². The average Bonchev–Trinajstić information content (AvgIpc) is 2.75. The fourth-order valence-electron chi connectivity index (χ4n) is 3.46. The van der Waals surface area contributed by atoms with E-state index in [-0.39, 0.29) is 5.69 Å². The van der Waals surface area contributed by atoms with Crippen LogP contribution in [0.4, 0.5) is 18.9 Å². The minimum absolute atomic E-state index is 0.287. The predicted octanol–water partition coefficient (Wildman–Crippen LogP) is 1.38. The molecule has 1 aromatic rings. The molecular weight excluding hydrogens is 389 g/mol. The first kappa shape index (κ1) is 19.9. The predicted molar refractivity (Wildman–Crippen MR) is 102 cm³/mol. The van der Waals surface area contributed by atoms with E-state index in [1.54, 1.807) is 6.07 Å². The van der Waals surface area contributed by atoms with Gasteiger partial charge in [0.15, 0.2) is 0 Å². The van der Waals surface area contributed by atoms with Crippen LogP contribution in [0.5, 0.6) is 0 Å². The molecule has 0 saturated carbocycles. The highest BCUT2D eigenvalue weighted by Crippen LogP contribution is 2.32. The maximum atomic E-state index is 13.2. The number of anilines is 1. The normalized spacial score (nSPS) is 26.0. The van der Waals surface area contributed by atoms with E-state index in [1.165, 1.54) is 12.4 Å². The van der Waals surface area contributed by atoms with Gasteiger partial charge in [0, 0.05) is 31.9 Å². The summed E-state index contributed by atoms with van der Waals surface area (Å²) in [6.07, 6.45) is -2.89. The van der Waals surface area contributed by atoms with Crippen molar-refractivity contribution < 1.29 is 22.6 Å². The number of halogens is 3. The van der Waals surface area contributed by atoms with Crippen LogP contribution in [0, 0.1) is 0 Å². The van der Waals surface area contributed by atoms with E-state index >= 15 is 0 Å². The summed E-state index contributed by atoms with van der Waals surface area (Å²) in [5.74, 6) is -0.651. The molecule has 1 unspecified atom stereocenters. The molecule has 1 aromatic carbocycles. The van der Waals surface area contributed by atoms with Gasteiger partial charge in [0.05, 0.1) is 38.3 Å². The fourth-order valence-corrected chi connectivity index (χ4v) is 3.46. The number of hydrogen-bond acceptors (Lipinski definition) is 8. The van der Waals surface area contributed by atoms with Gasteiger partial charge in [-0.3, -0.25) is 0 Å². The number of aliphatic imine (C=N–C) groups is 2. The Hall–Kier alpha value is -2.37. The van der Waals surface area contributed by atoms with Gasteiger partial charge < -0.3 is 25.0 Å². The molecular formula is C18H23F3N6O2. The van der Waals surface area contributed by atoms with E-state index in [0.29, 0.717) is 58.6 Å². The molecule has 29 heavy (non-hydrogen) atoms. The summed E-state index contributed by atoms with van der Waals surface area (Å²) in [6.45, 7) is 4.60. The molecule has 4 rings (SSSR count). The first-order chi connectivity index (χ1) is 14.0. The minimum Gasteiger partial charge on any atom is -0.379 e. The molecule has 2 fully saturated rings. The third kappa shape index (κ3) is 4.46. The van der Waals surface area contributed by atoms with Crippen LogP contribution in [-0.2, 0) is 15.7 Å². The summed E-state index contributed by atoms with van der Waals surface area (Å²) in [5, 5.41) is 6.19. The Morgan fingerprint density at radius 3 is 2.41 bits per heavy atom. The lowest BCUT2D eigenvalue weighted by Gasteiger charge is -2.43. The van der Waals surface area contributed by atoms with Crippen molar-refractivity contribution in [2.75, 3.05) is 57.9 Å². The molecule has 3 aliphatic rings. The van der Waals surface area contributed by atoms with Gasteiger partial charge in [-0.15, -0.1) is 0 Å². The fraction of sp³-hybridized carbons (Fsp3) is 0.556. The maximum Gasteiger partial charge on any atom is 0.416 e. The van der Waals surface area contributed by atoms with Crippen LogP contribution in [0.2, 0.25) is 0 Å². The number of alkyl halides is 3. The number of guanidine groups is 1. The van der Waals surface area contributed by atoms with E-state index in [1.807, 2.05) is 9.80 Å². The molecule has 8 nitrogen and oxygen atoms in total. The number of ether oxygens (including phenoxy) is 2. The Kier molecular flexibility index (Phi) is 5.61. The molecule has 2 saturated heterocycles. The third-order valence-electron chi connectivity index (χ3n) is 4.96. The molecule has 0 bridgehead atoms. The molecule has 3 heterocycles. The van der Waals surface area contributed by atoms with Crippen molar-refractivity contribution in [2.45, 2.75) is 12.1 Å². The van der Waals surface area contributed by atoms with Crippen molar-refractivity contribution in [1.82, 2.24) is 15.1 Å². The third-order valence-corrected chi connectivity index (χ3v) is 4.96. The van der Waals surface area contributed by atoms with Gasteiger partial charge in [0.1, 0.15) is 0 Å². The molecule has 11 heteroatoms. The number of rotatable bonds is 3. The standard InChI is InChI=1S/C18H23F3N6O2/c19-17(20,21)14-2-1-3-15(12-14)24-18(27-6-10-29-11-7-27)23-13-22-16(25-18)26-4-8-28-9-5-26/h1-3,12-13,24H,4-11H2,(H,22,23,25). The zero-order valence-electron chi connectivity index (χ0n) is 15.8. The second kappa shape index (κ2) is 8.17. The highest BCUT2D eigenvalue weighted by molar-refractivity contribution is 5.92. The second-order valence-electron chi connectivity index (χ2n) is 6.88. The van der Waals surface area contributed by atoms with Gasteiger partial charge >= 0.3 is 6.18 Å². The molecule has 0 amide bonds. The Labute approximate surface area is 166 Å². The molecule has 158 valence electrons. The molecule has 0 radical (unpaired) electrons. The van der Waals surface area contributed by atoms with E-state index < -0.39 is 17.7 Å².